The highest BCUT2D eigenvalue weighted by Gasteiger charge is 2.07. The summed E-state index contributed by atoms with van der Waals surface area (Å²) in [6.45, 7) is 4.08. The molecule has 0 aliphatic heterocycles. The Bertz CT molecular complexity index is 669. The van der Waals surface area contributed by atoms with Crippen LogP contribution in [0.2, 0.25) is 0 Å². The molecule has 2 rings (SSSR count). The predicted molar refractivity (Wildman–Crippen MR) is 86.5 cm³/mol. The molecule has 0 aliphatic carbocycles. The summed E-state index contributed by atoms with van der Waals surface area (Å²) in [6.07, 6.45) is 0. The standard InChI is InChI=1S/C17H19N3O2/c1-12-8-9-15(13(2)10-12)18-11-16(21)19-20-17(22)14-6-4-3-5-7-14/h3-10,18H,11H2,1-2H3,(H,19,21)(H,20,22). The Morgan fingerprint density at radius 2 is 1.68 bits per heavy atom. The maximum atomic E-state index is 11.8. The Labute approximate surface area is 129 Å². The van der Waals surface area contributed by atoms with Crippen LogP contribution >= 0.6 is 0 Å². The number of hydrogen-bond acceptors (Lipinski definition) is 3. The minimum Gasteiger partial charge on any atom is -0.376 e. The number of hydrazine groups is 1. The summed E-state index contributed by atoms with van der Waals surface area (Å²) in [4.78, 5) is 23.5. The fourth-order valence-corrected chi connectivity index (χ4v) is 2.02. The Kier molecular flexibility index (Phi) is 5.14. The maximum Gasteiger partial charge on any atom is 0.269 e. The molecular weight excluding hydrogens is 278 g/mol. The summed E-state index contributed by atoms with van der Waals surface area (Å²) in [5, 5.41) is 3.04. The van der Waals surface area contributed by atoms with Gasteiger partial charge in [-0.05, 0) is 37.6 Å². The molecule has 2 amide bonds. The van der Waals surface area contributed by atoms with Crippen molar-refractivity contribution in [1.29, 1.82) is 0 Å². The second-order valence-electron chi connectivity index (χ2n) is 5.04. The van der Waals surface area contributed by atoms with Crippen molar-refractivity contribution in [1.82, 2.24) is 10.9 Å². The van der Waals surface area contributed by atoms with Gasteiger partial charge in [-0.1, -0.05) is 35.9 Å². The number of anilines is 1. The van der Waals surface area contributed by atoms with Crippen molar-refractivity contribution in [3.05, 3.63) is 65.2 Å². The highest BCUT2D eigenvalue weighted by Crippen LogP contribution is 2.15. The number of nitrogens with one attached hydrogen (secondary N) is 3. The van der Waals surface area contributed by atoms with Crippen molar-refractivity contribution >= 4 is 17.5 Å². The number of carbonyl (C=O) groups is 2. The number of hydrogen-bond donors (Lipinski definition) is 3. The molecular formula is C17H19N3O2. The van der Waals surface area contributed by atoms with Gasteiger partial charge in [-0.25, -0.2) is 0 Å². The minimum atomic E-state index is -0.347. The minimum absolute atomic E-state index is 0.0823. The Balaban J connectivity index is 1.80. The second-order valence-corrected chi connectivity index (χ2v) is 5.04. The molecule has 2 aromatic carbocycles. The van der Waals surface area contributed by atoms with E-state index in [9.17, 15) is 9.59 Å². The van der Waals surface area contributed by atoms with Crippen LogP contribution in [0, 0.1) is 13.8 Å². The van der Waals surface area contributed by atoms with E-state index >= 15 is 0 Å². The van der Waals surface area contributed by atoms with Gasteiger partial charge in [0, 0.05) is 11.3 Å². The fraction of sp³-hybridized carbons (Fsp3) is 0.176. The van der Waals surface area contributed by atoms with E-state index in [1.165, 1.54) is 5.56 Å². The molecule has 0 atom stereocenters. The van der Waals surface area contributed by atoms with E-state index in [-0.39, 0.29) is 18.4 Å². The van der Waals surface area contributed by atoms with Gasteiger partial charge >= 0.3 is 0 Å². The highest BCUT2D eigenvalue weighted by atomic mass is 16.2. The van der Waals surface area contributed by atoms with Gasteiger partial charge in [0.1, 0.15) is 0 Å². The Morgan fingerprint density at radius 1 is 0.955 bits per heavy atom. The predicted octanol–water partition coefficient (Wildman–Crippen LogP) is 2.18. The SMILES string of the molecule is Cc1ccc(NCC(=O)NNC(=O)c2ccccc2)c(C)c1. The summed E-state index contributed by atoms with van der Waals surface area (Å²) in [7, 11) is 0. The van der Waals surface area contributed by atoms with Crippen molar-refractivity contribution in [2.75, 3.05) is 11.9 Å². The van der Waals surface area contributed by atoms with E-state index in [0.717, 1.165) is 11.3 Å². The van der Waals surface area contributed by atoms with E-state index in [2.05, 4.69) is 16.2 Å². The Morgan fingerprint density at radius 3 is 2.36 bits per heavy atom. The summed E-state index contributed by atoms with van der Waals surface area (Å²) >= 11 is 0. The third kappa shape index (κ3) is 4.34. The first-order valence-corrected chi connectivity index (χ1v) is 7.01. The molecule has 0 saturated heterocycles. The largest absolute Gasteiger partial charge is 0.376 e. The normalized spacial score (nSPS) is 9.91. The van der Waals surface area contributed by atoms with Crippen LogP contribution in [0.5, 0.6) is 0 Å². The molecule has 2 aromatic rings. The number of carbonyl (C=O) groups excluding carboxylic acids is 2. The number of rotatable bonds is 4. The fourth-order valence-electron chi connectivity index (χ4n) is 2.02. The van der Waals surface area contributed by atoms with Gasteiger partial charge < -0.3 is 5.32 Å². The molecule has 0 heterocycles. The van der Waals surface area contributed by atoms with Crippen LogP contribution in [0.3, 0.4) is 0 Å². The van der Waals surface area contributed by atoms with E-state index in [1.54, 1.807) is 24.3 Å². The molecule has 3 N–H and O–H groups in total. The van der Waals surface area contributed by atoms with E-state index in [1.807, 2.05) is 38.1 Å². The third-order valence-corrected chi connectivity index (χ3v) is 3.17. The van der Waals surface area contributed by atoms with Crippen LogP contribution in [0.1, 0.15) is 21.5 Å². The first-order valence-electron chi connectivity index (χ1n) is 7.01. The highest BCUT2D eigenvalue weighted by molar-refractivity contribution is 5.95. The van der Waals surface area contributed by atoms with Gasteiger partial charge in [0.25, 0.3) is 11.8 Å². The molecule has 0 bridgehead atoms. The molecule has 0 radical (unpaired) electrons. The summed E-state index contributed by atoms with van der Waals surface area (Å²) < 4.78 is 0. The van der Waals surface area contributed by atoms with E-state index in [0.29, 0.717) is 5.56 Å². The molecule has 0 spiro atoms. The molecule has 5 nitrogen and oxygen atoms in total. The van der Waals surface area contributed by atoms with Crippen LogP contribution in [0.4, 0.5) is 5.69 Å². The average Bonchev–Trinajstić information content (AvgIpc) is 2.52. The molecule has 5 heteroatoms. The van der Waals surface area contributed by atoms with Crippen molar-refractivity contribution in [2.45, 2.75) is 13.8 Å². The van der Waals surface area contributed by atoms with Crippen LogP contribution in [0.25, 0.3) is 0 Å². The van der Waals surface area contributed by atoms with Gasteiger partial charge in [-0.15, -0.1) is 0 Å². The molecule has 0 fully saturated rings. The van der Waals surface area contributed by atoms with Crippen molar-refractivity contribution in [3.63, 3.8) is 0 Å². The van der Waals surface area contributed by atoms with E-state index < -0.39 is 0 Å². The lowest BCUT2D eigenvalue weighted by Gasteiger charge is -2.11. The van der Waals surface area contributed by atoms with Crippen molar-refractivity contribution < 1.29 is 9.59 Å². The quantitative estimate of drug-likeness (QED) is 0.758. The van der Waals surface area contributed by atoms with Crippen LogP contribution in [0.15, 0.2) is 48.5 Å². The number of benzene rings is 2. The lowest BCUT2D eigenvalue weighted by Crippen LogP contribution is -2.44. The first-order chi connectivity index (χ1) is 10.6. The smallest absolute Gasteiger partial charge is 0.269 e. The second kappa shape index (κ2) is 7.26. The summed E-state index contributed by atoms with van der Waals surface area (Å²) in [6, 6.07) is 14.6. The van der Waals surface area contributed by atoms with Gasteiger partial charge in [-0.2, -0.15) is 0 Å². The van der Waals surface area contributed by atoms with Gasteiger partial charge in [0.2, 0.25) is 0 Å². The average molecular weight is 297 g/mol. The molecule has 114 valence electrons. The zero-order chi connectivity index (χ0) is 15.9. The first kappa shape index (κ1) is 15.6. The van der Waals surface area contributed by atoms with Crippen LogP contribution in [-0.2, 0) is 4.79 Å². The Hall–Kier alpha value is -2.82. The van der Waals surface area contributed by atoms with Crippen LogP contribution in [-0.4, -0.2) is 18.4 Å². The lowest BCUT2D eigenvalue weighted by molar-refractivity contribution is -0.120. The molecule has 0 unspecified atom stereocenters. The lowest BCUT2D eigenvalue weighted by atomic mass is 10.1. The summed E-state index contributed by atoms with van der Waals surface area (Å²) in [5.74, 6) is -0.662. The van der Waals surface area contributed by atoms with Gasteiger partial charge in [0.05, 0.1) is 6.54 Å². The van der Waals surface area contributed by atoms with Crippen LogP contribution < -0.4 is 16.2 Å². The topological polar surface area (TPSA) is 70.2 Å². The summed E-state index contributed by atoms with van der Waals surface area (Å²) in [5.41, 5.74) is 8.39. The number of amides is 2. The third-order valence-electron chi connectivity index (χ3n) is 3.17. The van der Waals surface area contributed by atoms with Gasteiger partial charge in [0.15, 0.2) is 0 Å². The van der Waals surface area contributed by atoms with Gasteiger partial charge in [-0.3, -0.25) is 20.4 Å². The monoisotopic (exact) mass is 297 g/mol. The molecule has 0 saturated carbocycles. The van der Waals surface area contributed by atoms with Crippen molar-refractivity contribution in [3.8, 4) is 0 Å². The molecule has 0 aromatic heterocycles. The zero-order valence-corrected chi connectivity index (χ0v) is 12.6. The number of aryl methyl sites for hydroxylation is 2. The zero-order valence-electron chi connectivity index (χ0n) is 12.6. The van der Waals surface area contributed by atoms with E-state index in [4.69, 9.17) is 0 Å². The molecule has 22 heavy (non-hydrogen) atoms. The van der Waals surface area contributed by atoms with Crippen molar-refractivity contribution in [2.24, 2.45) is 0 Å². The molecule has 0 aliphatic rings. The maximum absolute atomic E-state index is 11.8.